The lowest BCUT2D eigenvalue weighted by atomic mass is 9.92. The molecule has 1 aliphatic rings. The van der Waals surface area contributed by atoms with E-state index in [-0.39, 0.29) is 0 Å². The van der Waals surface area contributed by atoms with E-state index in [4.69, 9.17) is 4.84 Å². The topological polar surface area (TPSA) is 38.8 Å². The van der Waals surface area contributed by atoms with Crippen molar-refractivity contribution in [2.24, 2.45) is 0 Å². The predicted octanol–water partition coefficient (Wildman–Crippen LogP) is 7.85. The van der Waals surface area contributed by atoms with Crippen LogP contribution in [0.5, 0.6) is 0 Å². The molecule has 1 aliphatic heterocycles. The summed E-state index contributed by atoms with van der Waals surface area (Å²) in [6.45, 7) is 12.5. The number of rotatable bonds is 18. The lowest BCUT2D eigenvalue weighted by Gasteiger charge is -2.60. The molecule has 0 amide bonds. The molecule has 1 heterocycles. The summed E-state index contributed by atoms with van der Waals surface area (Å²) in [5.74, 6) is 0. The molecule has 30 heavy (non-hydrogen) atoms. The molecule has 1 fully saturated rings. The van der Waals surface area contributed by atoms with Crippen molar-refractivity contribution in [3.63, 3.8) is 0 Å². The first-order valence-electron chi connectivity index (χ1n) is 13.1. The van der Waals surface area contributed by atoms with Gasteiger partial charge >= 0.3 is 0 Å². The summed E-state index contributed by atoms with van der Waals surface area (Å²) >= 11 is 0. The standard InChI is InChI=1S/C26H53N2O2/c1-6-7-8-9-10-11-12-13-14-15-16-17-18-19-20-21-22-30-27-23-25(2,3)28(29)26(4,5)24-27/h6-24H2,1-5H3/q-1. The average Bonchev–Trinajstić information content (AvgIpc) is 2.68. The predicted molar refractivity (Wildman–Crippen MR) is 130 cm³/mol. The van der Waals surface area contributed by atoms with E-state index in [9.17, 15) is 5.21 Å². The van der Waals surface area contributed by atoms with E-state index in [1.54, 1.807) is 0 Å². The minimum atomic E-state index is -0.392. The molecular weight excluding hydrogens is 372 g/mol. The second kappa shape index (κ2) is 15.6. The molecule has 180 valence electrons. The molecule has 4 nitrogen and oxygen atoms in total. The van der Waals surface area contributed by atoms with Gasteiger partial charge in [0, 0.05) is 24.2 Å². The molecule has 0 aliphatic carbocycles. The van der Waals surface area contributed by atoms with Gasteiger partial charge in [-0.15, -0.1) is 0 Å². The molecule has 0 N–H and O–H groups in total. The summed E-state index contributed by atoms with van der Waals surface area (Å²) in [6.07, 6.45) is 22.2. The minimum absolute atomic E-state index is 0.392. The minimum Gasteiger partial charge on any atom is -0.784 e. The zero-order valence-electron chi connectivity index (χ0n) is 21.1. The van der Waals surface area contributed by atoms with Gasteiger partial charge in [0.15, 0.2) is 0 Å². The van der Waals surface area contributed by atoms with Gasteiger partial charge in [-0.1, -0.05) is 103 Å². The zero-order chi connectivity index (χ0) is 22.3. The molecular formula is C26H53N2O2-. The summed E-state index contributed by atoms with van der Waals surface area (Å²) in [5, 5.41) is 15.6. The van der Waals surface area contributed by atoms with Gasteiger partial charge in [0.25, 0.3) is 0 Å². The van der Waals surface area contributed by atoms with Crippen LogP contribution in [-0.4, -0.2) is 40.9 Å². The van der Waals surface area contributed by atoms with Crippen LogP contribution < -0.4 is 0 Å². The second-order valence-corrected chi connectivity index (χ2v) is 10.9. The summed E-state index contributed by atoms with van der Waals surface area (Å²) in [4.78, 5) is 5.99. The largest absolute Gasteiger partial charge is 0.784 e. The van der Waals surface area contributed by atoms with E-state index < -0.39 is 11.1 Å². The summed E-state index contributed by atoms with van der Waals surface area (Å²) in [5.41, 5.74) is -0.785. The molecule has 0 bridgehead atoms. The van der Waals surface area contributed by atoms with Crippen molar-refractivity contribution in [3.05, 3.63) is 5.21 Å². The molecule has 1 saturated heterocycles. The van der Waals surface area contributed by atoms with E-state index in [2.05, 4.69) is 6.92 Å². The maximum absolute atomic E-state index is 12.4. The SMILES string of the molecule is CCCCCCCCCCCCCCCCCCON1CC(C)(C)N([O-])C(C)(C)C1. The van der Waals surface area contributed by atoms with Crippen LogP contribution in [0.25, 0.3) is 0 Å². The Kier molecular flexibility index (Phi) is 14.5. The Morgan fingerprint density at radius 1 is 0.600 bits per heavy atom. The Labute approximate surface area is 188 Å². The van der Waals surface area contributed by atoms with Crippen molar-refractivity contribution in [2.75, 3.05) is 19.7 Å². The Balaban J connectivity index is 1.86. The van der Waals surface area contributed by atoms with Crippen molar-refractivity contribution < 1.29 is 4.84 Å². The Morgan fingerprint density at radius 2 is 0.933 bits per heavy atom. The fourth-order valence-corrected chi connectivity index (χ4v) is 4.80. The normalized spacial score (nSPS) is 19.4. The van der Waals surface area contributed by atoms with Crippen LogP contribution in [0.2, 0.25) is 0 Å². The number of nitrogens with zero attached hydrogens (tertiary/aromatic N) is 2. The highest BCUT2D eigenvalue weighted by Gasteiger charge is 2.39. The van der Waals surface area contributed by atoms with Crippen LogP contribution in [0.15, 0.2) is 0 Å². The van der Waals surface area contributed by atoms with Gasteiger partial charge in [0.1, 0.15) is 0 Å². The Hall–Kier alpha value is -0.160. The number of hydrogen-bond donors (Lipinski definition) is 0. The van der Waals surface area contributed by atoms with Gasteiger partial charge < -0.3 is 10.3 Å². The Bertz CT molecular complexity index is 394. The van der Waals surface area contributed by atoms with E-state index in [0.29, 0.717) is 13.1 Å². The molecule has 0 spiro atoms. The van der Waals surface area contributed by atoms with E-state index in [0.717, 1.165) is 13.0 Å². The van der Waals surface area contributed by atoms with Crippen molar-refractivity contribution in [1.82, 2.24) is 10.1 Å². The molecule has 0 atom stereocenters. The number of unbranched alkanes of at least 4 members (excludes halogenated alkanes) is 15. The molecule has 0 saturated carbocycles. The van der Waals surface area contributed by atoms with Crippen LogP contribution in [0.1, 0.15) is 137 Å². The maximum atomic E-state index is 12.4. The molecule has 4 heteroatoms. The quantitative estimate of drug-likeness (QED) is 0.210. The van der Waals surface area contributed by atoms with Crippen LogP contribution >= 0.6 is 0 Å². The monoisotopic (exact) mass is 425 g/mol. The van der Waals surface area contributed by atoms with Crippen molar-refractivity contribution >= 4 is 0 Å². The number of hydrogen-bond acceptors (Lipinski definition) is 4. The zero-order valence-corrected chi connectivity index (χ0v) is 21.1. The van der Waals surface area contributed by atoms with Gasteiger partial charge in [0.05, 0.1) is 6.61 Å². The van der Waals surface area contributed by atoms with E-state index in [1.807, 2.05) is 32.8 Å². The van der Waals surface area contributed by atoms with Crippen molar-refractivity contribution in [3.8, 4) is 0 Å². The second-order valence-electron chi connectivity index (χ2n) is 10.9. The first kappa shape index (κ1) is 27.9. The summed E-state index contributed by atoms with van der Waals surface area (Å²) < 4.78 is 0. The van der Waals surface area contributed by atoms with Crippen LogP contribution in [0.3, 0.4) is 0 Å². The lowest BCUT2D eigenvalue weighted by molar-refractivity contribution is -0.222. The third kappa shape index (κ3) is 12.0. The fraction of sp³-hybridized carbons (Fsp3) is 1.00. The molecule has 1 rings (SSSR count). The number of hydroxylamine groups is 4. The summed E-state index contributed by atoms with van der Waals surface area (Å²) in [7, 11) is 0. The van der Waals surface area contributed by atoms with E-state index >= 15 is 0 Å². The van der Waals surface area contributed by atoms with Gasteiger partial charge in [0.2, 0.25) is 0 Å². The third-order valence-corrected chi connectivity index (χ3v) is 6.50. The average molecular weight is 426 g/mol. The van der Waals surface area contributed by atoms with Gasteiger partial charge in [-0.2, -0.15) is 5.06 Å². The molecule has 0 radical (unpaired) electrons. The number of piperazine rings is 1. The van der Waals surface area contributed by atoms with Gasteiger partial charge in [-0.05, 0) is 34.1 Å². The lowest BCUT2D eigenvalue weighted by Crippen LogP contribution is -2.66. The third-order valence-electron chi connectivity index (χ3n) is 6.50. The fourth-order valence-electron chi connectivity index (χ4n) is 4.80. The van der Waals surface area contributed by atoms with Crippen molar-refractivity contribution in [1.29, 1.82) is 0 Å². The first-order valence-corrected chi connectivity index (χ1v) is 13.1. The van der Waals surface area contributed by atoms with Crippen molar-refractivity contribution in [2.45, 2.75) is 148 Å². The van der Waals surface area contributed by atoms with Crippen LogP contribution in [0, 0.1) is 5.21 Å². The molecule has 0 unspecified atom stereocenters. The van der Waals surface area contributed by atoms with E-state index in [1.165, 1.54) is 101 Å². The van der Waals surface area contributed by atoms with Crippen LogP contribution in [-0.2, 0) is 4.84 Å². The van der Waals surface area contributed by atoms with Gasteiger partial charge in [-0.3, -0.25) is 4.84 Å². The van der Waals surface area contributed by atoms with Gasteiger partial charge in [-0.25, -0.2) is 0 Å². The Morgan fingerprint density at radius 3 is 1.30 bits per heavy atom. The first-order chi connectivity index (χ1) is 14.3. The summed E-state index contributed by atoms with van der Waals surface area (Å²) in [6, 6.07) is 0. The highest BCUT2D eigenvalue weighted by atomic mass is 16.7. The highest BCUT2D eigenvalue weighted by Crippen LogP contribution is 2.31. The molecule has 0 aromatic heterocycles. The molecule has 0 aromatic rings. The molecule has 0 aromatic carbocycles. The maximum Gasteiger partial charge on any atom is 0.0685 e. The smallest absolute Gasteiger partial charge is 0.0685 e. The van der Waals surface area contributed by atoms with Crippen LogP contribution in [0.4, 0.5) is 0 Å². The highest BCUT2D eigenvalue weighted by molar-refractivity contribution is 4.99.